The number of carbonyl (C=O) groups is 2. The number of amides is 1. The molecule has 0 fully saturated rings. The van der Waals surface area contributed by atoms with Gasteiger partial charge in [-0.2, -0.15) is 26.3 Å². The summed E-state index contributed by atoms with van der Waals surface area (Å²) in [4.78, 5) is 25.3. The number of rotatable bonds is 3. The molecule has 1 heterocycles. The van der Waals surface area contributed by atoms with Gasteiger partial charge in [-0.15, -0.1) is 0 Å². The highest BCUT2D eigenvalue weighted by Crippen LogP contribution is 2.36. The maximum atomic E-state index is 12.6. The Kier molecular flexibility index (Phi) is 5.13. The lowest BCUT2D eigenvalue weighted by molar-refractivity contribution is -0.204. The first-order valence-corrected chi connectivity index (χ1v) is 6.14. The fourth-order valence-electron chi connectivity index (χ4n) is 1.32. The first-order valence-electron chi connectivity index (χ1n) is 5.35. The molecular formula is C10H6BrF6N3O3. The summed E-state index contributed by atoms with van der Waals surface area (Å²) in [6.07, 6.45) is -13.5. The Balaban J connectivity index is 3.20. The second kappa shape index (κ2) is 6.22. The molecule has 0 aromatic carbocycles. The van der Waals surface area contributed by atoms with Crippen molar-refractivity contribution in [1.82, 2.24) is 4.98 Å². The Hall–Kier alpha value is -2.05. The van der Waals surface area contributed by atoms with Crippen molar-refractivity contribution >= 4 is 33.5 Å². The van der Waals surface area contributed by atoms with E-state index in [9.17, 15) is 35.9 Å². The molecular weight excluding hydrogens is 404 g/mol. The van der Waals surface area contributed by atoms with Crippen molar-refractivity contribution in [2.24, 2.45) is 5.73 Å². The maximum absolute atomic E-state index is 12.6. The van der Waals surface area contributed by atoms with Crippen LogP contribution in [0, 0.1) is 0 Å². The summed E-state index contributed by atoms with van der Waals surface area (Å²) in [6, 6.07) is 0.278. The topological polar surface area (TPSA) is 108 Å². The molecule has 4 N–H and O–H groups in total. The number of primary amides is 1. The lowest BCUT2D eigenvalue weighted by atomic mass is 10.2. The highest BCUT2D eigenvalue weighted by molar-refractivity contribution is 9.10. The molecule has 0 spiro atoms. The van der Waals surface area contributed by atoms with Crippen LogP contribution in [-0.2, 0) is 15.7 Å². The van der Waals surface area contributed by atoms with Gasteiger partial charge in [-0.1, -0.05) is 0 Å². The average molecular weight is 410 g/mol. The number of hydrogen-bond donors (Lipinski definition) is 2. The summed E-state index contributed by atoms with van der Waals surface area (Å²) in [5, 5.41) is 0. The number of halogens is 7. The highest BCUT2D eigenvalue weighted by Gasteiger charge is 2.47. The molecule has 0 saturated heterocycles. The van der Waals surface area contributed by atoms with E-state index in [-0.39, 0.29) is 6.07 Å². The number of ether oxygens (including phenoxy) is 1. The Morgan fingerprint density at radius 1 is 1.22 bits per heavy atom. The molecule has 0 radical (unpaired) electrons. The molecule has 0 aliphatic rings. The minimum absolute atomic E-state index is 0.278. The number of pyridine rings is 1. The number of carbonyl (C=O) groups excluding carboxylic acids is 2. The van der Waals surface area contributed by atoms with Gasteiger partial charge in [0.25, 0.3) is 12.0 Å². The minimum Gasteiger partial charge on any atom is -0.438 e. The molecule has 0 bridgehead atoms. The van der Waals surface area contributed by atoms with E-state index in [0.29, 0.717) is 0 Å². The van der Waals surface area contributed by atoms with Crippen molar-refractivity contribution in [3.8, 4) is 0 Å². The van der Waals surface area contributed by atoms with Crippen LogP contribution in [0.3, 0.4) is 0 Å². The van der Waals surface area contributed by atoms with Gasteiger partial charge in [0.1, 0.15) is 4.60 Å². The number of hydrogen-bond acceptors (Lipinski definition) is 5. The van der Waals surface area contributed by atoms with Crippen LogP contribution in [0.5, 0.6) is 0 Å². The summed E-state index contributed by atoms with van der Waals surface area (Å²) in [5.74, 6) is -3.88. The standard InChI is InChI=1S/C10H6BrF6N3O3/c11-6-2(9(12,13)14)1-3(18)4(20-6)8(22)23-5(7(19)21)10(15,16)17/h1,5H,18H2,(H2,19,21). The van der Waals surface area contributed by atoms with Crippen molar-refractivity contribution in [3.63, 3.8) is 0 Å². The highest BCUT2D eigenvalue weighted by atomic mass is 79.9. The van der Waals surface area contributed by atoms with E-state index in [4.69, 9.17) is 5.73 Å². The third kappa shape index (κ3) is 4.46. The van der Waals surface area contributed by atoms with Crippen LogP contribution < -0.4 is 11.5 Å². The summed E-state index contributed by atoms with van der Waals surface area (Å²) in [5.41, 5.74) is 6.33. The zero-order valence-electron chi connectivity index (χ0n) is 10.6. The van der Waals surface area contributed by atoms with Gasteiger partial charge in [-0.3, -0.25) is 4.79 Å². The van der Waals surface area contributed by atoms with Gasteiger partial charge in [0, 0.05) is 0 Å². The lowest BCUT2D eigenvalue weighted by Crippen LogP contribution is -2.44. The number of nitrogens with zero attached hydrogens (tertiary/aromatic N) is 1. The van der Waals surface area contributed by atoms with Gasteiger partial charge < -0.3 is 16.2 Å². The fraction of sp³-hybridized carbons (Fsp3) is 0.300. The van der Waals surface area contributed by atoms with Crippen molar-refractivity contribution in [2.75, 3.05) is 5.73 Å². The zero-order chi connectivity index (χ0) is 18.2. The maximum Gasteiger partial charge on any atom is 0.434 e. The lowest BCUT2D eigenvalue weighted by Gasteiger charge is -2.18. The van der Waals surface area contributed by atoms with Crippen molar-refractivity contribution in [1.29, 1.82) is 0 Å². The number of esters is 1. The van der Waals surface area contributed by atoms with Crippen molar-refractivity contribution < 1.29 is 40.7 Å². The van der Waals surface area contributed by atoms with Crippen molar-refractivity contribution in [3.05, 3.63) is 21.9 Å². The smallest absolute Gasteiger partial charge is 0.434 e. The third-order valence-electron chi connectivity index (χ3n) is 2.28. The third-order valence-corrected chi connectivity index (χ3v) is 2.89. The van der Waals surface area contributed by atoms with E-state index in [1.54, 1.807) is 0 Å². The second-order valence-electron chi connectivity index (χ2n) is 3.99. The molecule has 128 valence electrons. The number of alkyl halides is 6. The molecule has 13 heteroatoms. The SMILES string of the molecule is NC(=O)C(OC(=O)c1nc(Br)c(C(F)(F)F)cc1N)C(F)(F)F. The molecule has 1 unspecified atom stereocenters. The van der Waals surface area contributed by atoms with Crippen LogP contribution in [-0.4, -0.2) is 29.1 Å². The Bertz CT molecular complexity index is 646. The van der Waals surface area contributed by atoms with E-state index in [0.717, 1.165) is 0 Å². The van der Waals surface area contributed by atoms with Crippen LogP contribution in [0.4, 0.5) is 32.0 Å². The molecule has 0 saturated carbocycles. The number of nitrogen functional groups attached to an aromatic ring is 1. The van der Waals surface area contributed by atoms with Crippen LogP contribution in [0.25, 0.3) is 0 Å². The molecule has 0 aliphatic heterocycles. The molecule has 1 aromatic rings. The Morgan fingerprint density at radius 3 is 2.13 bits per heavy atom. The van der Waals surface area contributed by atoms with E-state index in [1.165, 1.54) is 0 Å². The predicted molar refractivity (Wildman–Crippen MR) is 65.8 cm³/mol. The van der Waals surface area contributed by atoms with E-state index in [2.05, 4.69) is 31.4 Å². The van der Waals surface area contributed by atoms with Gasteiger partial charge >= 0.3 is 18.3 Å². The number of nitrogens with two attached hydrogens (primary N) is 2. The van der Waals surface area contributed by atoms with Crippen LogP contribution in [0.15, 0.2) is 10.7 Å². The summed E-state index contributed by atoms with van der Waals surface area (Å²) in [7, 11) is 0. The molecule has 1 rings (SSSR count). The van der Waals surface area contributed by atoms with Gasteiger partial charge in [0.2, 0.25) is 0 Å². The Labute approximate surface area is 131 Å². The molecule has 23 heavy (non-hydrogen) atoms. The summed E-state index contributed by atoms with van der Waals surface area (Å²) >= 11 is 2.41. The van der Waals surface area contributed by atoms with Crippen LogP contribution in [0.2, 0.25) is 0 Å². The Morgan fingerprint density at radius 2 is 1.74 bits per heavy atom. The molecule has 1 amide bonds. The van der Waals surface area contributed by atoms with E-state index in [1.807, 2.05) is 0 Å². The van der Waals surface area contributed by atoms with Crippen LogP contribution in [0.1, 0.15) is 16.1 Å². The quantitative estimate of drug-likeness (QED) is 0.451. The zero-order valence-corrected chi connectivity index (χ0v) is 12.2. The number of anilines is 1. The van der Waals surface area contributed by atoms with Crippen LogP contribution >= 0.6 is 15.9 Å². The van der Waals surface area contributed by atoms with Gasteiger partial charge in [-0.05, 0) is 22.0 Å². The molecule has 6 nitrogen and oxygen atoms in total. The summed E-state index contributed by atoms with van der Waals surface area (Å²) in [6.45, 7) is 0. The average Bonchev–Trinajstić information content (AvgIpc) is 2.34. The monoisotopic (exact) mass is 409 g/mol. The van der Waals surface area contributed by atoms with Gasteiger partial charge in [-0.25, -0.2) is 9.78 Å². The number of aromatic nitrogens is 1. The van der Waals surface area contributed by atoms with Gasteiger partial charge in [0.15, 0.2) is 5.69 Å². The summed E-state index contributed by atoms with van der Waals surface area (Å²) < 4.78 is 78.1. The molecule has 0 aliphatic carbocycles. The minimum atomic E-state index is -5.31. The fourth-order valence-corrected chi connectivity index (χ4v) is 1.83. The van der Waals surface area contributed by atoms with Crippen molar-refractivity contribution in [2.45, 2.75) is 18.5 Å². The molecule has 1 aromatic heterocycles. The van der Waals surface area contributed by atoms with E-state index >= 15 is 0 Å². The van der Waals surface area contributed by atoms with Gasteiger partial charge in [0.05, 0.1) is 11.3 Å². The largest absolute Gasteiger partial charge is 0.438 e. The first-order chi connectivity index (χ1) is 10.2. The normalized spacial score (nSPS) is 13.5. The second-order valence-corrected chi connectivity index (χ2v) is 4.74. The molecule has 1 atom stereocenters. The first kappa shape index (κ1) is 19.0. The van der Waals surface area contributed by atoms with E-state index < -0.39 is 51.9 Å². The predicted octanol–water partition coefficient (Wildman–Crippen LogP) is 2.02.